The molecule has 5 heteroatoms. The first-order valence-electron chi connectivity index (χ1n) is 6.96. The second-order valence-electron chi connectivity index (χ2n) is 6.11. The van der Waals surface area contributed by atoms with Crippen molar-refractivity contribution < 1.29 is 4.39 Å². The lowest BCUT2D eigenvalue weighted by Crippen LogP contribution is -2.80. The molecule has 0 unspecified atom stereocenters. The number of alkyl halides is 1. The molecule has 4 aliphatic rings. The monoisotopic (exact) mass is 263 g/mol. The van der Waals surface area contributed by atoms with E-state index in [0.717, 1.165) is 50.1 Å². The number of hydrogen-bond acceptors (Lipinski definition) is 3. The van der Waals surface area contributed by atoms with Gasteiger partial charge in [0.1, 0.15) is 25.7 Å². The average Bonchev–Trinajstić information content (AvgIpc) is 2.38. The molecule has 0 saturated carbocycles. The van der Waals surface area contributed by atoms with Crippen molar-refractivity contribution in [3.63, 3.8) is 0 Å². The molecular formula is C14H20FN4+. The van der Waals surface area contributed by atoms with Crippen molar-refractivity contribution in [3.8, 4) is 0 Å². The van der Waals surface area contributed by atoms with Gasteiger partial charge in [-0.25, -0.2) is 14.7 Å². The van der Waals surface area contributed by atoms with Crippen molar-refractivity contribution in [1.29, 1.82) is 0 Å². The number of quaternary nitrogens is 1. The lowest BCUT2D eigenvalue weighted by atomic mass is 10.1. The second-order valence-corrected chi connectivity index (χ2v) is 6.11. The van der Waals surface area contributed by atoms with Gasteiger partial charge in [0.25, 0.3) is 0 Å². The summed E-state index contributed by atoms with van der Waals surface area (Å²) in [5.41, 5.74) is 2.46. The summed E-state index contributed by atoms with van der Waals surface area (Å²) in [6, 6.07) is 8.57. The van der Waals surface area contributed by atoms with Crippen LogP contribution in [0.5, 0.6) is 0 Å². The van der Waals surface area contributed by atoms with Crippen LogP contribution in [-0.2, 0) is 6.42 Å². The van der Waals surface area contributed by atoms with Gasteiger partial charge in [0.15, 0.2) is 0 Å². The van der Waals surface area contributed by atoms with Gasteiger partial charge < -0.3 is 0 Å². The zero-order chi connectivity index (χ0) is 12.9. The molecule has 0 atom stereocenters. The smallest absolute Gasteiger partial charge is 0.143 e. The molecule has 0 aliphatic carbocycles. The van der Waals surface area contributed by atoms with Crippen molar-refractivity contribution in [3.05, 3.63) is 29.8 Å². The normalized spacial score (nSPS) is 39.7. The Labute approximate surface area is 113 Å². The summed E-state index contributed by atoms with van der Waals surface area (Å²) in [5, 5.41) is 0. The zero-order valence-corrected chi connectivity index (χ0v) is 11.1. The number of hydrogen-bond donors (Lipinski definition) is 0. The maximum absolute atomic E-state index is 12.4. The molecule has 5 rings (SSSR count). The predicted molar refractivity (Wildman–Crippen MR) is 72.6 cm³/mol. The Morgan fingerprint density at radius 3 is 1.89 bits per heavy atom. The summed E-state index contributed by atoms with van der Waals surface area (Å²) in [7, 11) is 0. The Morgan fingerprint density at radius 1 is 0.895 bits per heavy atom. The van der Waals surface area contributed by atoms with Gasteiger partial charge in [-0.1, -0.05) is 12.1 Å². The third-order valence-electron chi connectivity index (χ3n) is 4.48. The molecule has 19 heavy (non-hydrogen) atoms. The van der Waals surface area contributed by atoms with Gasteiger partial charge in [-0.2, -0.15) is 0 Å². The minimum atomic E-state index is -0.269. The Hall–Kier alpha value is -1.01. The zero-order valence-electron chi connectivity index (χ0n) is 11.1. The Kier molecular flexibility index (Phi) is 2.63. The number of nitrogens with zero attached hydrogens (tertiary/aromatic N) is 4. The summed E-state index contributed by atoms with van der Waals surface area (Å²) in [4.78, 5) is 7.52. The molecule has 4 bridgehead atoms. The predicted octanol–water partition coefficient (Wildman–Crippen LogP) is 1.20. The molecule has 4 nitrogen and oxygen atoms in total. The highest BCUT2D eigenvalue weighted by atomic mass is 19.1. The summed E-state index contributed by atoms with van der Waals surface area (Å²) in [6.07, 6.45) is 0.532. The summed E-state index contributed by atoms with van der Waals surface area (Å²) < 4.78 is 13.4. The second kappa shape index (κ2) is 4.24. The Bertz CT molecular complexity index is 438. The molecule has 4 fully saturated rings. The standard InChI is InChI=1S/C14H20FN4/c15-6-5-13-1-3-14(4-2-13)19-10-16-7-17(11-19)9-18(8-16)12-19/h1-4H,5-12H2/q+1. The van der Waals surface area contributed by atoms with Crippen molar-refractivity contribution in [1.82, 2.24) is 19.2 Å². The average molecular weight is 263 g/mol. The fraction of sp³-hybridized carbons (Fsp3) is 0.571. The van der Waals surface area contributed by atoms with Crippen molar-refractivity contribution in [2.24, 2.45) is 0 Å². The highest BCUT2D eigenvalue weighted by Gasteiger charge is 2.49. The topological polar surface area (TPSA) is 9.72 Å². The first kappa shape index (κ1) is 11.8. The van der Waals surface area contributed by atoms with Crippen LogP contribution in [0.25, 0.3) is 0 Å². The highest BCUT2D eigenvalue weighted by molar-refractivity contribution is 5.45. The summed E-state index contributed by atoms with van der Waals surface area (Å²) >= 11 is 0. The van der Waals surface area contributed by atoms with Crippen LogP contribution >= 0.6 is 0 Å². The highest BCUT2D eigenvalue weighted by Crippen LogP contribution is 2.34. The van der Waals surface area contributed by atoms with E-state index in [1.165, 1.54) is 5.69 Å². The number of rotatable bonds is 3. The SMILES string of the molecule is FCCc1ccc([N+]23CN4CN(CN(C4)C2)C3)cc1. The number of aryl methyl sites for hydroxylation is 1. The quantitative estimate of drug-likeness (QED) is 0.759. The molecule has 102 valence electrons. The van der Waals surface area contributed by atoms with E-state index in [9.17, 15) is 4.39 Å². The molecule has 0 radical (unpaired) electrons. The fourth-order valence-electron chi connectivity index (χ4n) is 3.87. The van der Waals surface area contributed by atoms with E-state index in [-0.39, 0.29) is 6.67 Å². The third-order valence-corrected chi connectivity index (χ3v) is 4.48. The molecule has 1 aromatic rings. The first-order chi connectivity index (χ1) is 9.27. The van der Waals surface area contributed by atoms with Crippen molar-refractivity contribution in [2.75, 3.05) is 46.7 Å². The van der Waals surface area contributed by atoms with Gasteiger partial charge in [-0.15, -0.1) is 0 Å². The minimum absolute atomic E-state index is 0.269. The van der Waals surface area contributed by atoms with E-state index >= 15 is 0 Å². The van der Waals surface area contributed by atoms with E-state index in [1.807, 2.05) is 0 Å². The maximum atomic E-state index is 12.4. The number of halogens is 1. The van der Waals surface area contributed by atoms with Crippen LogP contribution in [0.1, 0.15) is 5.56 Å². The Balaban J connectivity index is 1.64. The molecule has 4 saturated heterocycles. The van der Waals surface area contributed by atoms with Crippen LogP contribution in [0.4, 0.5) is 10.1 Å². The molecule has 4 heterocycles. The van der Waals surface area contributed by atoms with E-state index in [0.29, 0.717) is 6.42 Å². The van der Waals surface area contributed by atoms with E-state index in [2.05, 4.69) is 39.0 Å². The molecule has 0 amide bonds. The van der Waals surface area contributed by atoms with Crippen molar-refractivity contribution in [2.45, 2.75) is 6.42 Å². The van der Waals surface area contributed by atoms with Gasteiger partial charge in [0, 0.05) is 6.42 Å². The molecule has 4 aliphatic heterocycles. The van der Waals surface area contributed by atoms with Crippen molar-refractivity contribution >= 4 is 5.69 Å². The summed E-state index contributed by atoms with van der Waals surface area (Å²) in [5.74, 6) is 0. The lowest BCUT2D eigenvalue weighted by Gasteiger charge is -2.60. The van der Waals surface area contributed by atoms with Gasteiger partial charge in [0.05, 0.1) is 26.7 Å². The van der Waals surface area contributed by atoms with Crippen LogP contribution in [0.3, 0.4) is 0 Å². The summed E-state index contributed by atoms with van der Waals surface area (Å²) in [6.45, 7) is 6.37. The largest absolute Gasteiger partial charge is 0.253 e. The van der Waals surface area contributed by atoms with E-state index in [1.54, 1.807) is 0 Å². The van der Waals surface area contributed by atoms with E-state index in [4.69, 9.17) is 0 Å². The first-order valence-corrected chi connectivity index (χ1v) is 6.96. The van der Waals surface area contributed by atoms with Crippen LogP contribution in [0, 0.1) is 0 Å². The molecule has 0 N–H and O–H groups in total. The molecular weight excluding hydrogens is 243 g/mol. The molecule has 1 aromatic carbocycles. The molecule has 0 spiro atoms. The maximum Gasteiger partial charge on any atom is 0.143 e. The lowest BCUT2D eigenvalue weighted by molar-refractivity contribution is -0.189. The van der Waals surface area contributed by atoms with Gasteiger partial charge >= 0.3 is 0 Å². The van der Waals surface area contributed by atoms with Gasteiger partial charge in [-0.3, -0.25) is 8.87 Å². The third kappa shape index (κ3) is 1.89. The van der Waals surface area contributed by atoms with Crippen LogP contribution < -0.4 is 4.48 Å². The van der Waals surface area contributed by atoms with Crippen LogP contribution in [0.2, 0.25) is 0 Å². The molecule has 0 aromatic heterocycles. The van der Waals surface area contributed by atoms with Crippen LogP contribution in [0.15, 0.2) is 24.3 Å². The van der Waals surface area contributed by atoms with E-state index < -0.39 is 0 Å². The number of benzene rings is 1. The minimum Gasteiger partial charge on any atom is -0.253 e. The van der Waals surface area contributed by atoms with Gasteiger partial charge in [-0.05, 0) is 17.7 Å². The fourth-order valence-corrected chi connectivity index (χ4v) is 3.87. The van der Waals surface area contributed by atoms with Crippen LogP contribution in [-0.4, -0.2) is 61.4 Å². The Morgan fingerprint density at radius 2 is 1.42 bits per heavy atom. The van der Waals surface area contributed by atoms with Gasteiger partial charge in [0.2, 0.25) is 0 Å².